The minimum atomic E-state index is -0.123. The van der Waals surface area contributed by atoms with Crippen molar-refractivity contribution in [2.75, 3.05) is 0 Å². The molecule has 0 aliphatic rings. The Labute approximate surface area is 118 Å². The molecular formula is C17H13FSe. The second-order valence-electron chi connectivity index (χ2n) is 4.51. The summed E-state index contributed by atoms with van der Waals surface area (Å²) in [5, 5.41) is 1.75. The van der Waals surface area contributed by atoms with Gasteiger partial charge in [-0.05, 0) is 0 Å². The number of rotatable bonds is 2. The molecule has 0 bridgehead atoms. The van der Waals surface area contributed by atoms with Crippen molar-refractivity contribution >= 4 is 34.7 Å². The molecule has 0 amide bonds. The third kappa shape index (κ3) is 2.56. The maximum atomic E-state index is 14.0. The van der Waals surface area contributed by atoms with Crippen LogP contribution in [0.5, 0.6) is 0 Å². The van der Waals surface area contributed by atoms with E-state index in [0.29, 0.717) is 0 Å². The van der Waals surface area contributed by atoms with E-state index in [9.17, 15) is 4.39 Å². The van der Waals surface area contributed by atoms with Crippen molar-refractivity contribution in [1.29, 1.82) is 0 Å². The second-order valence-corrected chi connectivity index (χ2v) is 6.85. The van der Waals surface area contributed by atoms with Gasteiger partial charge in [-0.3, -0.25) is 0 Å². The van der Waals surface area contributed by atoms with Gasteiger partial charge >= 0.3 is 118 Å². The average molecular weight is 315 g/mol. The summed E-state index contributed by atoms with van der Waals surface area (Å²) in [6.45, 7) is 2.08. The molecule has 0 atom stereocenters. The monoisotopic (exact) mass is 316 g/mol. The fourth-order valence-electron chi connectivity index (χ4n) is 2.08. The van der Waals surface area contributed by atoms with Gasteiger partial charge in [0.2, 0.25) is 0 Å². The summed E-state index contributed by atoms with van der Waals surface area (Å²) in [5.41, 5.74) is 1.25. The Kier molecular flexibility index (Phi) is 3.37. The van der Waals surface area contributed by atoms with E-state index in [0.717, 1.165) is 15.2 Å². The number of halogens is 1. The van der Waals surface area contributed by atoms with E-state index >= 15 is 0 Å². The third-order valence-corrected chi connectivity index (χ3v) is 5.31. The fourth-order valence-corrected chi connectivity index (χ4v) is 4.16. The van der Waals surface area contributed by atoms with Crippen LogP contribution in [0, 0.1) is 12.7 Å². The first-order chi connectivity index (χ1) is 9.24. The van der Waals surface area contributed by atoms with Gasteiger partial charge in [-0.15, -0.1) is 0 Å². The van der Waals surface area contributed by atoms with E-state index in [1.54, 1.807) is 6.07 Å². The zero-order chi connectivity index (χ0) is 13.2. The SMILES string of the molecule is Cc1ccc([Se]c2cccc3cccc(F)c23)cc1. The molecule has 0 spiro atoms. The molecule has 0 fully saturated rings. The summed E-state index contributed by atoms with van der Waals surface area (Å²) >= 11 is 0.134. The van der Waals surface area contributed by atoms with E-state index in [2.05, 4.69) is 31.2 Å². The molecule has 94 valence electrons. The Morgan fingerprint density at radius 2 is 1.53 bits per heavy atom. The number of benzene rings is 3. The number of hydrogen-bond acceptors (Lipinski definition) is 0. The van der Waals surface area contributed by atoms with Crippen LogP contribution in [0.4, 0.5) is 4.39 Å². The van der Waals surface area contributed by atoms with Crippen molar-refractivity contribution in [3.63, 3.8) is 0 Å². The van der Waals surface area contributed by atoms with Crippen molar-refractivity contribution in [1.82, 2.24) is 0 Å². The van der Waals surface area contributed by atoms with Gasteiger partial charge in [-0.2, -0.15) is 0 Å². The molecule has 0 aromatic heterocycles. The maximum absolute atomic E-state index is 14.0. The van der Waals surface area contributed by atoms with Crippen LogP contribution in [-0.4, -0.2) is 15.0 Å². The predicted molar refractivity (Wildman–Crippen MR) is 80.1 cm³/mol. The molecule has 0 unspecified atom stereocenters. The molecule has 19 heavy (non-hydrogen) atoms. The first kappa shape index (κ1) is 12.4. The summed E-state index contributed by atoms with van der Waals surface area (Å²) in [4.78, 5) is 0. The van der Waals surface area contributed by atoms with E-state index in [-0.39, 0.29) is 20.8 Å². The van der Waals surface area contributed by atoms with Crippen molar-refractivity contribution in [3.05, 3.63) is 72.0 Å². The minimum absolute atomic E-state index is 0.123. The molecule has 0 saturated heterocycles. The summed E-state index contributed by atoms with van der Waals surface area (Å²) in [5.74, 6) is -0.123. The van der Waals surface area contributed by atoms with Gasteiger partial charge in [-0.1, -0.05) is 0 Å². The molecule has 0 aliphatic carbocycles. The van der Waals surface area contributed by atoms with Crippen LogP contribution in [0.3, 0.4) is 0 Å². The third-order valence-electron chi connectivity index (χ3n) is 3.06. The van der Waals surface area contributed by atoms with E-state index in [1.807, 2.05) is 24.3 Å². The standard InChI is InChI=1S/C17H13FSe/c1-12-8-10-14(11-9-12)19-16-7-3-5-13-4-2-6-15(18)17(13)16/h2-11H,1H3. The summed E-state index contributed by atoms with van der Waals surface area (Å²) < 4.78 is 16.4. The molecule has 3 aromatic rings. The Morgan fingerprint density at radius 3 is 2.26 bits per heavy atom. The molecule has 0 N–H and O–H groups in total. The van der Waals surface area contributed by atoms with Crippen LogP contribution in [0.15, 0.2) is 60.7 Å². The number of fused-ring (bicyclic) bond motifs is 1. The first-order valence-electron chi connectivity index (χ1n) is 6.16. The zero-order valence-electron chi connectivity index (χ0n) is 10.6. The van der Waals surface area contributed by atoms with Gasteiger partial charge in [0, 0.05) is 0 Å². The van der Waals surface area contributed by atoms with Crippen LogP contribution in [0.1, 0.15) is 5.56 Å². The molecule has 0 aliphatic heterocycles. The Bertz CT molecular complexity index is 712. The van der Waals surface area contributed by atoms with E-state index < -0.39 is 0 Å². The Balaban J connectivity index is 2.08. The molecule has 3 aromatic carbocycles. The molecule has 0 nitrogen and oxygen atoms in total. The Hall–Kier alpha value is -1.63. The Morgan fingerprint density at radius 1 is 0.842 bits per heavy atom. The summed E-state index contributed by atoms with van der Waals surface area (Å²) in [7, 11) is 0. The molecular weight excluding hydrogens is 302 g/mol. The van der Waals surface area contributed by atoms with Crippen molar-refractivity contribution in [2.24, 2.45) is 0 Å². The van der Waals surface area contributed by atoms with Gasteiger partial charge in [0.1, 0.15) is 0 Å². The fraction of sp³-hybridized carbons (Fsp3) is 0.0588. The summed E-state index contributed by atoms with van der Waals surface area (Å²) in [6, 6.07) is 19.8. The molecule has 2 heteroatoms. The van der Waals surface area contributed by atoms with Gasteiger partial charge < -0.3 is 0 Å². The molecule has 0 radical (unpaired) electrons. The second kappa shape index (κ2) is 5.16. The molecule has 0 saturated carbocycles. The first-order valence-corrected chi connectivity index (χ1v) is 7.87. The topological polar surface area (TPSA) is 0 Å². The number of hydrogen-bond donors (Lipinski definition) is 0. The normalized spacial score (nSPS) is 10.8. The van der Waals surface area contributed by atoms with Crippen LogP contribution >= 0.6 is 0 Å². The van der Waals surface area contributed by atoms with Gasteiger partial charge in [0.25, 0.3) is 0 Å². The van der Waals surface area contributed by atoms with Crippen LogP contribution in [0.25, 0.3) is 10.8 Å². The summed E-state index contributed by atoms with van der Waals surface area (Å²) in [6.07, 6.45) is 0. The molecule has 3 rings (SSSR count). The van der Waals surface area contributed by atoms with Crippen molar-refractivity contribution in [3.8, 4) is 0 Å². The van der Waals surface area contributed by atoms with Crippen LogP contribution in [-0.2, 0) is 0 Å². The van der Waals surface area contributed by atoms with Gasteiger partial charge in [0.15, 0.2) is 0 Å². The van der Waals surface area contributed by atoms with E-state index in [1.165, 1.54) is 16.1 Å². The quantitative estimate of drug-likeness (QED) is 0.638. The zero-order valence-corrected chi connectivity index (χ0v) is 12.3. The van der Waals surface area contributed by atoms with Crippen LogP contribution in [0.2, 0.25) is 0 Å². The van der Waals surface area contributed by atoms with E-state index in [4.69, 9.17) is 0 Å². The van der Waals surface area contributed by atoms with Gasteiger partial charge in [-0.25, -0.2) is 0 Å². The van der Waals surface area contributed by atoms with Crippen molar-refractivity contribution < 1.29 is 4.39 Å². The number of aryl methyl sites for hydroxylation is 1. The van der Waals surface area contributed by atoms with Gasteiger partial charge in [0.05, 0.1) is 0 Å². The predicted octanol–water partition coefficient (Wildman–Crippen LogP) is 2.94. The molecule has 0 heterocycles. The van der Waals surface area contributed by atoms with Crippen molar-refractivity contribution in [2.45, 2.75) is 6.92 Å². The average Bonchev–Trinajstić information content (AvgIpc) is 2.42. The van der Waals surface area contributed by atoms with Crippen LogP contribution < -0.4 is 8.92 Å².